The van der Waals surface area contributed by atoms with Crippen LogP contribution in [0.2, 0.25) is 0 Å². The number of hydrogen-bond donors (Lipinski definition) is 0. The molecule has 0 amide bonds. The van der Waals surface area contributed by atoms with Crippen molar-refractivity contribution in [3.63, 3.8) is 0 Å². The molecule has 0 atom stereocenters. The van der Waals surface area contributed by atoms with E-state index in [1.165, 1.54) is 4.68 Å². The molecule has 0 radical (unpaired) electrons. The summed E-state index contributed by atoms with van der Waals surface area (Å²) in [5.41, 5.74) is 1.38. The average molecular weight is 199 g/mol. The summed E-state index contributed by atoms with van der Waals surface area (Å²) in [4.78, 5) is 10.3. The van der Waals surface area contributed by atoms with Crippen molar-refractivity contribution < 1.29 is 39.5 Å². The number of para-hydroxylation sites is 1. The van der Waals surface area contributed by atoms with E-state index in [1.807, 2.05) is 6.07 Å². The summed E-state index contributed by atoms with van der Waals surface area (Å²) in [7, 11) is 0. The molecule has 2 aromatic rings. The van der Waals surface area contributed by atoms with Crippen LogP contribution in [0.4, 0.5) is 0 Å². The maximum atomic E-state index is 10.3. The molecule has 2 rings (SSSR count). The first-order valence-corrected chi connectivity index (χ1v) is 3.75. The van der Waals surface area contributed by atoms with Gasteiger partial charge in [0.1, 0.15) is 5.52 Å². The number of hydrogen-bond acceptors (Lipinski definition) is 4. The molecular formula is C8H6N3NaO2. The van der Waals surface area contributed by atoms with E-state index in [1.54, 1.807) is 18.2 Å². The second-order valence-corrected chi connectivity index (χ2v) is 2.61. The first-order valence-electron chi connectivity index (χ1n) is 3.75. The van der Waals surface area contributed by atoms with Crippen LogP contribution >= 0.6 is 0 Å². The molecule has 0 saturated carbocycles. The van der Waals surface area contributed by atoms with Crippen LogP contribution in [0.1, 0.15) is 0 Å². The van der Waals surface area contributed by atoms with E-state index >= 15 is 0 Å². The number of carbonyl (C=O) groups is 1. The molecule has 0 bridgehead atoms. The summed E-state index contributed by atoms with van der Waals surface area (Å²) < 4.78 is 1.30. The Morgan fingerprint density at radius 1 is 1.43 bits per heavy atom. The monoisotopic (exact) mass is 199 g/mol. The van der Waals surface area contributed by atoms with Gasteiger partial charge in [-0.2, -0.15) is 0 Å². The molecule has 1 heterocycles. The van der Waals surface area contributed by atoms with Crippen LogP contribution in [-0.2, 0) is 11.3 Å². The minimum atomic E-state index is -1.17. The molecule has 1 aromatic heterocycles. The molecule has 14 heavy (non-hydrogen) atoms. The van der Waals surface area contributed by atoms with Gasteiger partial charge in [-0.3, -0.25) is 0 Å². The van der Waals surface area contributed by atoms with Crippen LogP contribution < -0.4 is 34.7 Å². The van der Waals surface area contributed by atoms with E-state index in [0.717, 1.165) is 0 Å². The first kappa shape index (κ1) is 11.2. The molecule has 5 nitrogen and oxygen atoms in total. The van der Waals surface area contributed by atoms with Crippen LogP contribution in [0.5, 0.6) is 0 Å². The van der Waals surface area contributed by atoms with Gasteiger partial charge < -0.3 is 9.90 Å². The zero-order valence-corrected chi connectivity index (χ0v) is 9.67. The Balaban J connectivity index is 0.000000980. The number of benzene rings is 1. The number of carboxylic acids is 1. The molecule has 0 saturated heterocycles. The van der Waals surface area contributed by atoms with Gasteiger partial charge in [-0.05, 0) is 12.1 Å². The Kier molecular flexibility index (Phi) is 3.62. The zero-order chi connectivity index (χ0) is 9.26. The van der Waals surface area contributed by atoms with Crippen molar-refractivity contribution in [1.82, 2.24) is 15.0 Å². The number of aliphatic carboxylic acids is 1. The van der Waals surface area contributed by atoms with Crippen molar-refractivity contribution in [2.24, 2.45) is 0 Å². The summed E-state index contributed by atoms with van der Waals surface area (Å²) in [6.07, 6.45) is 0. The average Bonchev–Trinajstić information content (AvgIpc) is 2.48. The second-order valence-electron chi connectivity index (χ2n) is 2.61. The fourth-order valence-corrected chi connectivity index (χ4v) is 1.16. The third-order valence-corrected chi connectivity index (χ3v) is 1.70. The molecule has 6 heteroatoms. The van der Waals surface area contributed by atoms with E-state index in [2.05, 4.69) is 10.3 Å². The Labute approximate surface area is 102 Å². The molecule has 0 aliphatic heterocycles. The van der Waals surface area contributed by atoms with Crippen molar-refractivity contribution in [1.29, 1.82) is 0 Å². The zero-order valence-electron chi connectivity index (χ0n) is 7.67. The van der Waals surface area contributed by atoms with Crippen molar-refractivity contribution >= 4 is 17.0 Å². The molecule has 0 spiro atoms. The maximum absolute atomic E-state index is 10.3. The van der Waals surface area contributed by atoms with Crippen LogP contribution in [0.15, 0.2) is 24.3 Å². The number of rotatable bonds is 2. The van der Waals surface area contributed by atoms with Gasteiger partial charge in [0, 0.05) is 0 Å². The Bertz CT molecular complexity index is 455. The van der Waals surface area contributed by atoms with Crippen LogP contribution in [0.25, 0.3) is 11.0 Å². The van der Waals surface area contributed by atoms with E-state index in [0.29, 0.717) is 11.0 Å². The molecule has 1 aromatic carbocycles. The van der Waals surface area contributed by atoms with Gasteiger partial charge in [0.25, 0.3) is 0 Å². The predicted octanol–water partition coefficient (Wildman–Crippen LogP) is -3.81. The Morgan fingerprint density at radius 2 is 2.14 bits per heavy atom. The van der Waals surface area contributed by atoms with Crippen LogP contribution in [-0.4, -0.2) is 21.0 Å². The second kappa shape index (κ2) is 4.54. The van der Waals surface area contributed by atoms with Gasteiger partial charge >= 0.3 is 29.6 Å². The molecule has 0 unspecified atom stereocenters. The standard InChI is InChI=1S/C8H7N3O2.Na/c12-8(13)5-11-7-4-2-1-3-6(7)9-10-11;/h1-4H,5H2,(H,12,13);/q;+1/p-1. The predicted molar refractivity (Wildman–Crippen MR) is 42.5 cm³/mol. The molecule has 0 fully saturated rings. The van der Waals surface area contributed by atoms with E-state index < -0.39 is 5.97 Å². The number of fused-ring (bicyclic) bond motifs is 1. The smallest absolute Gasteiger partial charge is 0.548 e. The van der Waals surface area contributed by atoms with E-state index in [9.17, 15) is 9.90 Å². The van der Waals surface area contributed by atoms with Crippen molar-refractivity contribution in [2.75, 3.05) is 0 Å². The Morgan fingerprint density at radius 3 is 2.86 bits per heavy atom. The number of aromatic nitrogens is 3. The van der Waals surface area contributed by atoms with Gasteiger partial charge in [-0.25, -0.2) is 4.68 Å². The fraction of sp³-hybridized carbons (Fsp3) is 0.125. The van der Waals surface area contributed by atoms with Gasteiger partial charge in [-0.1, -0.05) is 17.3 Å². The van der Waals surface area contributed by atoms with Crippen LogP contribution in [0, 0.1) is 0 Å². The topological polar surface area (TPSA) is 70.8 Å². The Hall–Kier alpha value is -0.910. The number of nitrogens with zero attached hydrogens (tertiary/aromatic N) is 3. The summed E-state index contributed by atoms with van der Waals surface area (Å²) in [5.74, 6) is -1.17. The van der Waals surface area contributed by atoms with Gasteiger partial charge in [0.05, 0.1) is 18.0 Å². The van der Waals surface area contributed by atoms with Crippen LogP contribution in [0.3, 0.4) is 0 Å². The minimum absolute atomic E-state index is 0. The normalized spacial score (nSPS) is 9.71. The minimum Gasteiger partial charge on any atom is -0.548 e. The van der Waals surface area contributed by atoms with E-state index in [4.69, 9.17) is 0 Å². The van der Waals surface area contributed by atoms with Gasteiger partial charge in [0.2, 0.25) is 0 Å². The SMILES string of the molecule is O=C([O-])Cn1nnc2ccccc21.[Na+]. The van der Waals surface area contributed by atoms with Gasteiger partial charge in [0.15, 0.2) is 0 Å². The van der Waals surface area contributed by atoms with Gasteiger partial charge in [-0.15, -0.1) is 5.10 Å². The quantitative estimate of drug-likeness (QED) is 0.465. The third-order valence-electron chi connectivity index (χ3n) is 1.70. The summed E-state index contributed by atoms with van der Waals surface area (Å²) in [6, 6.07) is 7.16. The van der Waals surface area contributed by atoms with Crippen molar-refractivity contribution in [2.45, 2.75) is 6.54 Å². The van der Waals surface area contributed by atoms with Crippen molar-refractivity contribution in [3.05, 3.63) is 24.3 Å². The number of carbonyl (C=O) groups excluding carboxylic acids is 1. The molecular weight excluding hydrogens is 193 g/mol. The fourth-order valence-electron chi connectivity index (χ4n) is 1.16. The molecule has 0 aliphatic rings. The first-order chi connectivity index (χ1) is 6.27. The summed E-state index contributed by atoms with van der Waals surface area (Å²) in [5, 5.41) is 17.8. The molecule has 66 valence electrons. The van der Waals surface area contributed by atoms with E-state index in [-0.39, 0.29) is 36.1 Å². The summed E-state index contributed by atoms with van der Waals surface area (Å²) >= 11 is 0. The maximum Gasteiger partial charge on any atom is 1.00 e. The largest absolute Gasteiger partial charge is 1.00 e. The molecule has 0 N–H and O–H groups in total. The summed E-state index contributed by atoms with van der Waals surface area (Å²) in [6.45, 7) is -0.263. The molecule has 0 aliphatic carbocycles. The van der Waals surface area contributed by atoms with Crippen molar-refractivity contribution in [3.8, 4) is 0 Å². The third kappa shape index (κ3) is 2.12. The number of carboxylic acid groups (broad SMARTS) is 1.